The highest BCUT2D eigenvalue weighted by atomic mass is 16.9. The second-order valence-electron chi connectivity index (χ2n) is 5.28. The Balaban J connectivity index is 2.05. The van der Waals surface area contributed by atoms with Crippen molar-refractivity contribution in [3.63, 3.8) is 0 Å². The van der Waals surface area contributed by atoms with E-state index in [9.17, 15) is 19.7 Å². The van der Waals surface area contributed by atoms with Gasteiger partial charge in [0.05, 0.1) is 0 Å². The van der Waals surface area contributed by atoms with Gasteiger partial charge in [0.15, 0.2) is 0 Å². The van der Waals surface area contributed by atoms with E-state index in [2.05, 4.69) is 10.2 Å². The van der Waals surface area contributed by atoms with Crippen LogP contribution >= 0.6 is 0 Å². The molecule has 1 atom stereocenters. The Kier molecular flexibility index (Phi) is 5.38. The first kappa shape index (κ1) is 18.0. The molecule has 0 saturated carbocycles. The molecule has 0 aliphatic carbocycles. The second kappa shape index (κ2) is 7.47. The van der Waals surface area contributed by atoms with Gasteiger partial charge in [-0.25, -0.2) is 4.79 Å². The first-order valence-corrected chi connectivity index (χ1v) is 7.23. The first-order chi connectivity index (χ1) is 11.8. The predicted octanol–water partition coefficient (Wildman–Crippen LogP) is 1.74. The molecule has 1 unspecified atom stereocenters. The van der Waals surface area contributed by atoms with Gasteiger partial charge in [-0.3, -0.25) is 4.79 Å². The van der Waals surface area contributed by atoms with Gasteiger partial charge in [-0.1, -0.05) is 18.2 Å². The van der Waals surface area contributed by atoms with Crippen molar-refractivity contribution in [3.05, 3.63) is 63.9 Å². The molecule has 132 valence electrons. The summed E-state index contributed by atoms with van der Waals surface area (Å²) in [6.45, 7) is 2.60. The smallest absolute Gasteiger partial charge is 0.344 e. The molecule has 1 aromatic rings. The van der Waals surface area contributed by atoms with Crippen LogP contribution in [0.1, 0.15) is 24.2 Å². The summed E-state index contributed by atoms with van der Waals surface area (Å²) in [5, 5.41) is 12.1. The minimum atomic E-state index is -1.17. The molecule has 2 rings (SSSR count). The van der Waals surface area contributed by atoms with Gasteiger partial charge in [0.2, 0.25) is 5.72 Å². The Bertz CT molecular complexity index is 757. The molecular weight excluding hydrogens is 332 g/mol. The minimum Gasteiger partial charge on any atom is -0.432 e. The molecule has 0 radical (unpaired) electrons. The zero-order chi connectivity index (χ0) is 18.4. The number of hydrogen-bond acceptors (Lipinski definition) is 8. The zero-order valence-electron chi connectivity index (χ0n) is 13.6. The molecular formula is C16H16N2O7. The lowest BCUT2D eigenvalue weighted by molar-refractivity contribution is -0.755. The standard InChI is InChI=1S/C16H16N2O7/c1-11(19)24-14-6-4-3-5-13(14)15(20)25-16(2)8-7-12(9-17-16)10-23-18(21)22/h3-9,17H,10H2,1-2H3. The maximum Gasteiger partial charge on any atom is 0.344 e. The molecule has 0 aromatic heterocycles. The van der Waals surface area contributed by atoms with Gasteiger partial charge in [-0.15, -0.1) is 10.1 Å². The van der Waals surface area contributed by atoms with Gasteiger partial charge < -0.3 is 19.6 Å². The summed E-state index contributed by atoms with van der Waals surface area (Å²) in [5.74, 6) is -1.16. The van der Waals surface area contributed by atoms with Crippen LogP contribution in [-0.4, -0.2) is 29.4 Å². The Morgan fingerprint density at radius 1 is 1.32 bits per heavy atom. The first-order valence-electron chi connectivity index (χ1n) is 7.23. The molecule has 0 fully saturated rings. The number of esters is 2. The molecule has 1 aliphatic rings. The van der Waals surface area contributed by atoms with E-state index < -0.39 is 22.8 Å². The van der Waals surface area contributed by atoms with E-state index in [0.717, 1.165) is 0 Å². The third-order valence-corrected chi connectivity index (χ3v) is 3.16. The van der Waals surface area contributed by atoms with E-state index in [1.165, 1.54) is 31.3 Å². The van der Waals surface area contributed by atoms with Crippen LogP contribution in [0.3, 0.4) is 0 Å². The number of ether oxygens (including phenoxy) is 2. The van der Waals surface area contributed by atoms with Crippen LogP contribution in [0.5, 0.6) is 5.75 Å². The van der Waals surface area contributed by atoms with Gasteiger partial charge >= 0.3 is 11.9 Å². The van der Waals surface area contributed by atoms with Crippen LogP contribution < -0.4 is 10.1 Å². The van der Waals surface area contributed by atoms with Crippen molar-refractivity contribution in [2.24, 2.45) is 0 Å². The highest BCUT2D eigenvalue weighted by Gasteiger charge is 2.28. The number of carbonyl (C=O) groups is 2. The molecule has 9 nitrogen and oxygen atoms in total. The maximum absolute atomic E-state index is 12.4. The monoisotopic (exact) mass is 348 g/mol. The van der Waals surface area contributed by atoms with Crippen LogP contribution in [0.25, 0.3) is 0 Å². The molecule has 0 bridgehead atoms. The number of rotatable bonds is 6. The third-order valence-electron chi connectivity index (χ3n) is 3.16. The largest absolute Gasteiger partial charge is 0.432 e. The van der Waals surface area contributed by atoms with Crippen LogP contribution in [0, 0.1) is 10.1 Å². The zero-order valence-corrected chi connectivity index (χ0v) is 13.6. The highest BCUT2D eigenvalue weighted by Crippen LogP contribution is 2.23. The van der Waals surface area contributed by atoms with Crippen molar-refractivity contribution in [1.82, 2.24) is 5.32 Å². The molecule has 1 aromatic carbocycles. The fraction of sp³-hybridized carbons (Fsp3) is 0.250. The topological polar surface area (TPSA) is 117 Å². The van der Waals surface area contributed by atoms with E-state index >= 15 is 0 Å². The molecule has 1 N–H and O–H groups in total. The van der Waals surface area contributed by atoms with Gasteiger partial charge in [-0.2, -0.15) is 0 Å². The van der Waals surface area contributed by atoms with Crippen molar-refractivity contribution in [3.8, 4) is 5.75 Å². The summed E-state index contributed by atoms with van der Waals surface area (Å²) in [4.78, 5) is 38.0. The number of carbonyl (C=O) groups excluding carboxylic acids is 2. The lowest BCUT2D eigenvalue weighted by Gasteiger charge is -2.29. The van der Waals surface area contributed by atoms with Crippen LogP contribution in [0.15, 0.2) is 48.2 Å². The Morgan fingerprint density at radius 3 is 2.64 bits per heavy atom. The van der Waals surface area contributed by atoms with Crippen molar-refractivity contribution >= 4 is 11.9 Å². The summed E-state index contributed by atoms with van der Waals surface area (Å²) < 4.78 is 10.4. The Labute approximate surface area is 143 Å². The van der Waals surface area contributed by atoms with Gasteiger partial charge in [0, 0.05) is 13.1 Å². The molecule has 1 heterocycles. The second-order valence-corrected chi connectivity index (χ2v) is 5.28. The fourth-order valence-electron chi connectivity index (χ4n) is 2.01. The minimum absolute atomic E-state index is 0.0963. The molecule has 9 heteroatoms. The Morgan fingerprint density at radius 2 is 2.04 bits per heavy atom. The van der Waals surface area contributed by atoms with Crippen molar-refractivity contribution in [2.75, 3.05) is 6.61 Å². The number of hydrogen-bond donors (Lipinski definition) is 1. The Hall–Kier alpha value is -3.36. The van der Waals surface area contributed by atoms with Crippen LogP contribution in [-0.2, 0) is 14.4 Å². The van der Waals surface area contributed by atoms with E-state index in [0.29, 0.717) is 5.57 Å². The molecule has 0 amide bonds. The number of dihydropyridines is 1. The SMILES string of the molecule is CC(=O)Oc1ccccc1C(=O)OC1(C)C=CC(CO[N+](=O)[O-])=CN1. The summed E-state index contributed by atoms with van der Waals surface area (Å²) in [7, 11) is 0. The van der Waals surface area contributed by atoms with Gasteiger partial charge in [0.1, 0.15) is 17.9 Å². The number of para-hydroxylation sites is 1. The average molecular weight is 348 g/mol. The molecule has 0 saturated heterocycles. The summed E-state index contributed by atoms with van der Waals surface area (Å²) in [5.41, 5.74) is -0.565. The number of benzene rings is 1. The highest BCUT2D eigenvalue weighted by molar-refractivity contribution is 5.93. The summed E-state index contributed by atoms with van der Waals surface area (Å²) in [6.07, 6.45) is 4.53. The maximum atomic E-state index is 12.4. The third kappa shape index (κ3) is 5.06. The average Bonchev–Trinajstić information content (AvgIpc) is 2.54. The predicted molar refractivity (Wildman–Crippen MR) is 84.9 cm³/mol. The van der Waals surface area contributed by atoms with Gasteiger partial charge in [-0.05, 0) is 30.7 Å². The van der Waals surface area contributed by atoms with Gasteiger partial charge in [0.25, 0.3) is 5.09 Å². The lowest BCUT2D eigenvalue weighted by atomic mass is 10.1. The van der Waals surface area contributed by atoms with E-state index in [-0.39, 0.29) is 17.9 Å². The van der Waals surface area contributed by atoms with Crippen LogP contribution in [0.2, 0.25) is 0 Å². The van der Waals surface area contributed by atoms with Crippen molar-refractivity contribution in [1.29, 1.82) is 0 Å². The molecule has 0 spiro atoms. The van der Waals surface area contributed by atoms with Crippen molar-refractivity contribution < 1.29 is 29.0 Å². The number of nitrogens with one attached hydrogen (secondary N) is 1. The molecule has 25 heavy (non-hydrogen) atoms. The normalized spacial score (nSPS) is 18.6. The lowest BCUT2D eigenvalue weighted by Crippen LogP contribution is -2.43. The van der Waals surface area contributed by atoms with Crippen molar-refractivity contribution in [2.45, 2.75) is 19.6 Å². The number of nitrogens with zero attached hydrogens (tertiary/aromatic N) is 1. The van der Waals surface area contributed by atoms with E-state index in [4.69, 9.17) is 9.47 Å². The van der Waals surface area contributed by atoms with E-state index in [1.807, 2.05) is 0 Å². The van der Waals surface area contributed by atoms with Crippen LogP contribution in [0.4, 0.5) is 0 Å². The quantitative estimate of drug-likeness (QED) is 0.357. The summed E-state index contributed by atoms with van der Waals surface area (Å²) >= 11 is 0. The fourth-order valence-corrected chi connectivity index (χ4v) is 2.01. The van der Waals surface area contributed by atoms with E-state index in [1.54, 1.807) is 25.1 Å². The molecule has 1 aliphatic heterocycles. The summed E-state index contributed by atoms with van der Waals surface area (Å²) in [6, 6.07) is 6.20.